The lowest BCUT2D eigenvalue weighted by molar-refractivity contribution is 0.0186. The Hall–Kier alpha value is -2.92. The summed E-state index contributed by atoms with van der Waals surface area (Å²) in [6.07, 6.45) is 3.10. The lowest BCUT2D eigenvalue weighted by Crippen LogP contribution is -2.43. The summed E-state index contributed by atoms with van der Waals surface area (Å²) in [6, 6.07) is 9.08. The van der Waals surface area contributed by atoms with Gasteiger partial charge in [-0.15, -0.1) is 0 Å². The molecule has 1 saturated heterocycles. The van der Waals surface area contributed by atoms with Crippen molar-refractivity contribution >= 4 is 33.4 Å². The molecule has 1 aliphatic heterocycles. The molecule has 1 fully saturated rings. The number of piperidine rings is 1. The number of ether oxygens (including phenoxy) is 1. The number of anilines is 3. The third-order valence-corrected chi connectivity index (χ3v) is 7.07. The Morgan fingerprint density at radius 3 is 2.43 bits per heavy atom. The Kier molecular flexibility index (Phi) is 8.55. The van der Waals surface area contributed by atoms with Crippen molar-refractivity contribution < 1.29 is 17.9 Å². The number of nitrogens with one attached hydrogen (secondary N) is 2. The molecule has 3 rings (SSSR count). The van der Waals surface area contributed by atoms with Crippen molar-refractivity contribution in [3.63, 3.8) is 0 Å². The number of aromatic nitrogens is 2. The van der Waals surface area contributed by atoms with Crippen molar-refractivity contribution in [1.82, 2.24) is 19.6 Å². The standard InChI is InChI=1S/C24H36N6O4S/c1-24(2,3)34-23(31)30-12-10-18(11-13-30)15-29(5)22-14-21(26-17-27-22)28-20-8-6-19(7-9-20)16-35(32,33)25-4/h6-9,14,17-18,25H,10-13,15-16H2,1-5H3,(H,26,27,28). The molecule has 1 aliphatic rings. The fourth-order valence-electron chi connectivity index (χ4n) is 3.85. The smallest absolute Gasteiger partial charge is 0.410 e. The van der Waals surface area contributed by atoms with Gasteiger partial charge in [0.1, 0.15) is 23.6 Å². The summed E-state index contributed by atoms with van der Waals surface area (Å²) in [5.41, 5.74) is 1.02. The maximum atomic E-state index is 12.3. The Morgan fingerprint density at radius 2 is 1.83 bits per heavy atom. The average molecular weight is 505 g/mol. The summed E-state index contributed by atoms with van der Waals surface area (Å²) in [5, 5.41) is 3.24. The number of benzene rings is 1. The van der Waals surface area contributed by atoms with Gasteiger partial charge in [-0.2, -0.15) is 0 Å². The first-order valence-corrected chi connectivity index (χ1v) is 13.4. The molecule has 0 unspecified atom stereocenters. The number of hydrogen-bond donors (Lipinski definition) is 2. The topological polar surface area (TPSA) is 117 Å². The highest BCUT2D eigenvalue weighted by atomic mass is 32.2. The van der Waals surface area contributed by atoms with Crippen molar-refractivity contribution in [3.05, 3.63) is 42.2 Å². The lowest BCUT2D eigenvalue weighted by atomic mass is 9.96. The van der Waals surface area contributed by atoms with Gasteiger partial charge in [0.2, 0.25) is 10.0 Å². The van der Waals surface area contributed by atoms with E-state index in [1.165, 1.54) is 13.4 Å². The molecule has 0 radical (unpaired) electrons. The summed E-state index contributed by atoms with van der Waals surface area (Å²) in [4.78, 5) is 24.9. The van der Waals surface area contributed by atoms with Gasteiger partial charge in [-0.1, -0.05) is 12.1 Å². The third kappa shape index (κ3) is 8.36. The minimum atomic E-state index is -3.31. The molecule has 0 saturated carbocycles. The number of likely N-dealkylation sites (tertiary alicyclic amines) is 1. The van der Waals surface area contributed by atoms with E-state index >= 15 is 0 Å². The first-order valence-electron chi connectivity index (χ1n) is 11.7. The van der Waals surface area contributed by atoms with E-state index in [0.29, 0.717) is 30.4 Å². The van der Waals surface area contributed by atoms with Crippen LogP contribution >= 0.6 is 0 Å². The molecule has 0 spiro atoms. The summed E-state index contributed by atoms with van der Waals surface area (Å²) in [7, 11) is 0.0993. The molecule has 0 aliphatic carbocycles. The van der Waals surface area contributed by atoms with Crippen LogP contribution in [0.15, 0.2) is 36.7 Å². The predicted molar refractivity (Wildman–Crippen MR) is 137 cm³/mol. The Morgan fingerprint density at radius 1 is 1.17 bits per heavy atom. The van der Waals surface area contributed by atoms with Crippen molar-refractivity contribution in [2.45, 2.75) is 45.0 Å². The maximum Gasteiger partial charge on any atom is 0.410 e. The number of rotatable bonds is 8. The van der Waals surface area contributed by atoms with Crippen LogP contribution in [0.3, 0.4) is 0 Å². The summed E-state index contributed by atoms with van der Waals surface area (Å²) < 4.78 is 31.2. The van der Waals surface area contributed by atoms with E-state index in [4.69, 9.17) is 4.74 Å². The van der Waals surface area contributed by atoms with Crippen LogP contribution in [0.2, 0.25) is 0 Å². The van der Waals surface area contributed by atoms with Gasteiger partial charge < -0.3 is 19.9 Å². The highest BCUT2D eigenvalue weighted by molar-refractivity contribution is 7.88. The zero-order valence-electron chi connectivity index (χ0n) is 21.1. The highest BCUT2D eigenvalue weighted by Crippen LogP contribution is 2.24. The molecule has 1 aromatic carbocycles. The maximum absolute atomic E-state index is 12.3. The second-order valence-corrected chi connectivity index (χ2v) is 11.8. The Labute approximate surface area is 208 Å². The number of nitrogens with zero attached hydrogens (tertiary/aromatic N) is 4. The molecule has 10 nitrogen and oxygen atoms in total. The number of carbonyl (C=O) groups excluding carboxylic acids is 1. The summed E-state index contributed by atoms with van der Waals surface area (Å²) >= 11 is 0. The van der Waals surface area contributed by atoms with Crippen LogP contribution in [0.4, 0.5) is 22.1 Å². The zero-order valence-corrected chi connectivity index (χ0v) is 21.9. The Balaban J connectivity index is 1.53. The van der Waals surface area contributed by atoms with Crippen LogP contribution in [0, 0.1) is 5.92 Å². The molecule has 11 heteroatoms. The lowest BCUT2D eigenvalue weighted by Gasteiger charge is -2.35. The quantitative estimate of drug-likeness (QED) is 0.562. The van der Waals surface area contributed by atoms with Crippen molar-refractivity contribution in [3.8, 4) is 0 Å². The first kappa shape index (κ1) is 26.7. The van der Waals surface area contributed by atoms with Crippen LogP contribution in [0.5, 0.6) is 0 Å². The van der Waals surface area contributed by atoms with Crippen LogP contribution in [0.1, 0.15) is 39.2 Å². The molecule has 1 amide bonds. The van der Waals surface area contributed by atoms with E-state index in [1.807, 2.05) is 46.0 Å². The largest absolute Gasteiger partial charge is 0.444 e. The molecular weight excluding hydrogens is 468 g/mol. The van der Waals surface area contributed by atoms with Crippen molar-refractivity contribution in [2.75, 3.05) is 43.9 Å². The van der Waals surface area contributed by atoms with Gasteiger partial charge in [0.25, 0.3) is 0 Å². The van der Waals surface area contributed by atoms with E-state index in [9.17, 15) is 13.2 Å². The van der Waals surface area contributed by atoms with E-state index in [2.05, 4.69) is 24.9 Å². The molecule has 192 valence electrons. The molecular formula is C24H36N6O4S. The molecule has 2 heterocycles. The minimum Gasteiger partial charge on any atom is -0.444 e. The SMILES string of the molecule is CNS(=O)(=O)Cc1ccc(Nc2cc(N(C)CC3CCN(C(=O)OC(C)(C)C)CC3)ncn2)cc1. The normalized spacial score (nSPS) is 15.1. The fraction of sp³-hybridized carbons (Fsp3) is 0.542. The van der Waals surface area contributed by atoms with Crippen LogP contribution in [-0.2, 0) is 20.5 Å². The number of sulfonamides is 1. The summed E-state index contributed by atoms with van der Waals surface area (Å²) in [6.45, 7) is 7.84. The van der Waals surface area contributed by atoms with Gasteiger partial charge in [0.05, 0.1) is 5.75 Å². The van der Waals surface area contributed by atoms with Crippen LogP contribution in [-0.4, -0.2) is 68.7 Å². The van der Waals surface area contributed by atoms with Gasteiger partial charge >= 0.3 is 6.09 Å². The van der Waals surface area contributed by atoms with Gasteiger partial charge in [-0.25, -0.2) is 27.9 Å². The van der Waals surface area contributed by atoms with Crippen LogP contribution < -0.4 is 14.9 Å². The first-order chi connectivity index (χ1) is 16.4. The second kappa shape index (κ2) is 11.2. The van der Waals surface area contributed by atoms with Crippen molar-refractivity contribution in [1.29, 1.82) is 0 Å². The van der Waals surface area contributed by atoms with Crippen molar-refractivity contribution in [2.24, 2.45) is 5.92 Å². The third-order valence-electron chi connectivity index (χ3n) is 5.74. The number of hydrogen-bond acceptors (Lipinski definition) is 8. The average Bonchev–Trinajstić information content (AvgIpc) is 2.80. The molecule has 2 N–H and O–H groups in total. The minimum absolute atomic E-state index is 0.0665. The van der Waals surface area contributed by atoms with Gasteiger partial charge in [-0.05, 0) is 64.3 Å². The molecule has 2 aromatic rings. The number of carbonyl (C=O) groups is 1. The predicted octanol–water partition coefficient (Wildman–Crippen LogP) is 3.35. The zero-order chi connectivity index (χ0) is 25.6. The van der Waals surface area contributed by atoms with E-state index < -0.39 is 15.6 Å². The van der Waals surface area contributed by atoms with Gasteiger partial charge in [-0.3, -0.25) is 0 Å². The monoisotopic (exact) mass is 504 g/mol. The van der Waals surface area contributed by atoms with E-state index in [0.717, 1.165) is 30.9 Å². The molecule has 35 heavy (non-hydrogen) atoms. The molecule has 1 aromatic heterocycles. The van der Waals surface area contributed by atoms with E-state index in [-0.39, 0.29) is 11.8 Å². The summed E-state index contributed by atoms with van der Waals surface area (Å²) in [5.74, 6) is 1.83. The fourth-order valence-corrected chi connectivity index (χ4v) is 4.63. The van der Waals surface area contributed by atoms with Gasteiger partial charge in [0.15, 0.2) is 0 Å². The number of amides is 1. The molecule has 0 atom stereocenters. The second-order valence-electron chi connectivity index (χ2n) is 9.84. The van der Waals surface area contributed by atoms with Crippen LogP contribution in [0.25, 0.3) is 0 Å². The van der Waals surface area contributed by atoms with E-state index in [1.54, 1.807) is 17.0 Å². The van der Waals surface area contributed by atoms with Gasteiger partial charge in [0, 0.05) is 38.4 Å². The Bertz CT molecular complexity index is 1090. The highest BCUT2D eigenvalue weighted by Gasteiger charge is 2.27. The molecule has 0 bridgehead atoms.